The molecule has 11 heteroatoms. The zero-order valence-electron chi connectivity index (χ0n) is 32.2. The van der Waals surface area contributed by atoms with Gasteiger partial charge in [-0.15, -0.1) is 0 Å². The van der Waals surface area contributed by atoms with Crippen molar-refractivity contribution in [3.8, 4) is 5.75 Å². The normalized spacial score (nSPS) is 23.8. The molecule has 0 aliphatic carbocycles. The van der Waals surface area contributed by atoms with Gasteiger partial charge in [0.1, 0.15) is 11.9 Å². The van der Waals surface area contributed by atoms with Crippen LogP contribution in [-0.4, -0.2) is 68.1 Å². The van der Waals surface area contributed by atoms with E-state index in [1.54, 1.807) is 0 Å². The molecule has 6 atom stereocenters. The molecule has 1 heterocycles. The molecule has 0 aromatic heterocycles. The third kappa shape index (κ3) is 10.3. The van der Waals surface area contributed by atoms with Gasteiger partial charge in [-0.05, 0) is 120 Å². The molecular formula is C39H60ClNO6Si3. The molecule has 1 aliphatic rings. The van der Waals surface area contributed by atoms with Crippen LogP contribution in [0.3, 0.4) is 0 Å². The van der Waals surface area contributed by atoms with Crippen LogP contribution in [0.2, 0.25) is 63.9 Å². The van der Waals surface area contributed by atoms with Crippen molar-refractivity contribution in [2.45, 2.75) is 110 Å². The molecule has 1 N–H and O–H groups in total. The van der Waals surface area contributed by atoms with Gasteiger partial charge in [-0.25, -0.2) is 0 Å². The Morgan fingerprint density at radius 1 is 0.840 bits per heavy atom. The first-order valence-corrected chi connectivity index (χ1v) is 28.6. The van der Waals surface area contributed by atoms with Crippen molar-refractivity contribution in [2.75, 3.05) is 24.7 Å². The number of halogens is 1. The number of nitrogens with zero attached hydrogens (tertiary/aromatic N) is 1. The Balaban J connectivity index is 1.94. The topological polar surface area (TPSA) is 69.6 Å². The Morgan fingerprint density at radius 3 is 2.00 bits per heavy atom. The molecule has 0 bridgehead atoms. The highest BCUT2D eigenvalue weighted by atomic mass is 35.5. The number of aliphatic hydroxyl groups is 1. The summed E-state index contributed by atoms with van der Waals surface area (Å²) in [5.74, 6) is -1.11. The van der Waals surface area contributed by atoms with E-state index >= 15 is 0 Å². The maximum absolute atomic E-state index is 13.1. The highest BCUT2D eigenvalue weighted by molar-refractivity contribution is 6.70. The Kier molecular flexibility index (Phi) is 13.3. The number of ether oxygens (including phenoxy) is 2. The third-order valence-corrected chi connectivity index (χ3v) is 12.0. The Hall–Kier alpha value is -2.00. The molecule has 0 spiro atoms. The Bertz CT molecular complexity index is 1530. The van der Waals surface area contributed by atoms with Crippen molar-refractivity contribution < 1.29 is 27.9 Å². The van der Waals surface area contributed by atoms with Crippen molar-refractivity contribution in [3.05, 3.63) is 94.5 Å². The van der Waals surface area contributed by atoms with Crippen LogP contribution in [0.15, 0.2) is 72.8 Å². The maximum atomic E-state index is 13.1. The van der Waals surface area contributed by atoms with Gasteiger partial charge in [-0.1, -0.05) is 54.9 Å². The van der Waals surface area contributed by atoms with Crippen molar-refractivity contribution in [1.29, 1.82) is 0 Å². The van der Waals surface area contributed by atoms with Crippen molar-refractivity contribution in [2.24, 2.45) is 5.92 Å². The summed E-state index contributed by atoms with van der Waals surface area (Å²) in [7, 11) is -6.24. The summed E-state index contributed by atoms with van der Waals surface area (Å²) in [5.41, 5.74) is 3.52. The average Bonchev–Trinajstić information content (AvgIpc) is 3.02. The zero-order valence-corrected chi connectivity index (χ0v) is 36.0. The summed E-state index contributed by atoms with van der Waals surface area (Å²) < 4.78 is 33.0. The average molecular weight is 759 g/mol. The van der Waals surface area contributed by atoms with Gasteiger partial charge in [0.25, 0.3) is 0 Å². The minimum absolute atomic E-state index is 0.0864. The van der Waals surface area contributed by atoms with Crippen LogP contribution in [0.4, 0.5) is 5.69 Å². The number of anilines is 1. The second-order valence-corrected chi connectivity index (χ2v) is 30.1. The molecule has 1 unspecified atom stereocenters. The van der Waals surface area contributed by atoms with Gasteiger partial charge in [-0.2, -0.15) is 0 Å². The lowest BCUT2D eigenvalue weighted by molar-refractivity contribution is -0.341. The number of hydrogen-bond acceptors (Lipinski definition) is 7. The van der Waals surface area contributed by atoms with Crippen molar-refractivity contribution in [1.82, 2.24) is 0 Å². The van der Waals surface area contributed by atoms with Crippen molar-refractivity contribution in [3.63, 3.8) is 0 Å². The lowest BCUT2D eigenvalue weighted by Crippen LogP contribution is -2.65. The van der Waals surface area contributed by atoms with E-state index in [0.717, 1.165) is 22.6 Å². The third-order valence-electron chi connectivity index (χ3n) is 8.72. The summed E-state index contributed by atoms with van der Waals surface area (Å²) in [6.07, 6.45) is -1.61. The molecule has 7 nitrogen and oxygen atoms in total. The molecule has 3 aromatic carbocycles. The van der Waals surface area contributed by atoms with Crippen LogP contribution in [0, 0.1) is 5.92 Å². The predicted molar refractivity (Wildman–Crippen MR) is 214 cm³/mol. The first-order chi connectivity index (χ1) is 23.3. The van der Waals surface area contributed by atoms with Gasteiger partial charge < -0.3 is 32.8 Å². The Morgan fingerprint density at radius 2 is 1.46 bits per heavy atom. The lowest BCUT2D eigenvalue weighted by atomic mass is 9.82. The molecule has 4 rings (SSSR count). The monoisotopic (exact) mass is 757 g/mol. The highest BCUT2D eigenvalue weighted by Gasteiger charge is 2.57. The summed E-state index contributed by atoms with van der Waals surface area (Å²) in [6.45, 7) is 27.4. The second kappa shape index (κ2) is 16.3. The van der Waals surface area contributed by atoms with E-state index in [9.17, 15) is 5.11 Å². The van der Waals surface area contributed by atoms with Gasteiger partial charge in [-0.3, -0.25) is 0 Å². The lowest BCUT2D eigenvalue weighted by Gasteiger charge is -2.53. The number of benzene rings is 3. The van der Waals surface area contributed by atoms with E-state index in [2.05, 4.69) is 102 Å². The molecule has 0 amide bonds. The smallest absolute Gasteiger partial charge is 0.221 e. The SMILES string of the molecule is CCOc1ccc(C(c2cc([C@]3(O)O[C@H](CO[Si](C)(C)C)[C@@H](C)[C@H](O[Si](C)(C)C)[C@H]3O[Si](C)(C)C)ccc2Cl)N(CC)c2ccccc2)cc1. The molecule has 1 fully saturated rings. The van der Waals surface area contributed by atoms with Crippen LogP contribution < -0.4 is 9.64 Å². The fourth-order valence-electron chi connectivity index (χ4n) is 6.52. The molecule has 1 saturated heterocycles. The van der Waals surface area contributed by atoms with E-state index < -0.39 is 49.1 Å². The van der Waals surface area contributed by atoms with Gasteiger partial charge in [0.15, 0.2) is 25.0 Å². The summed E-state index contributed by atoms with van der Waals surface area (Å²) in [4.78, 5) is 2.33. The number of hydrogen-bond donors (Lipinski definition) is 1. The zero-order chi connectivity index (χ0) is 37.1. The van der Waals surface area contributed by atoms with Gasteiger partial charge >= 0.3 is 0 Å². The molecule has 50 heavy (non-hydrogen) atoms. The van der Waals surface area contributed by atoms with E-state index in [1.807, 2.05) is 55.5 Å². The second-order valence-electron chi connectivity index (χ2n) is 16.2. The summed E-state index contributed by atoms with van der Waals surface area (Å²) in [5, 5.41) is 13.7. The Labute approximate surface area is 309 Å². The summed E-state index contributed by atoms with van der Waals surface area (Å²) in [6, 6.07) is 24.0. The predicted octanol–water partition coefficient (Wildman–Crippen LogP) is 9.83. The van der Waals surface area contributed by atoms with Gasteiger partial charge in [0.05, 0.1) is 31.5 Å². The van der Waals surface area contributed by atoms with Crippen LogP contribution in [0.1, 0.15) is 43.5 Å². The van der Waals surface area contributed by atoms with Crippen LogP contribution in [0.5, 0.6) is 5.75 Å². The minimum atomic E-state index is -2.24. The quantitative estimate of drug-likeness (QED) is 0.155. The summed E-state index contributed by atoms with van der Waals surface area (Å²) >= 11 is 7.17. The first-order valence-electron chi connectivity index (χ1n) is 18.0. The van der Waals surface area contributed by atoms with Gasteiger partial charge in [0.2, 0.25) is 5.79 Å². The van der Waals surface area contributed by atoms with E-state index in [-0.39, 0.29) is 12.0 Å². The van der Waals surface area contributed by atoms with Crippen LogP contribution in [-0.2, 0) is 23.8 Å². The van der Waals surface area contributed by atoms with Crippen LogP contribution >= 0.6 is 11.6 Å². The van der Waals surface area contributed by atoms with Crippen molar-refractivity contribution >= 4 is 42.2 Å². The molecule has 276 valence electrons. The first kappa shape index (κ1) is 40.8. The van der Waals surface area contributed by atoms with E-state index in [0.29, 0.717) is 30.3 Å². The fourth-order valence-corrected chi connectivity index (χ4v) is 9.62. The molecule has 0 saturated carbocycles. The van der Waals surface area contributed by atoms with Gasteiger partial charge in [0, 0.05) is 28.7 Å². The molecule has 3 aromatic rings. The number of rotatable bonds is 15. The van der Waals surface area contributed by atoms with Crippen LogP contribution in [0.25, 0.3) is 0 Å². The molecular weight excluding hydrogens is 698 g/mol. The highest BCUT2D eigenvalue weighted by Crippen LogP contribution is 2.46. The minimum Gasteiger partial charge on any atom is -0.494 e. The van der Waals surface area contributed by atoms with E-state index in [1.165, 1.54) is 0 Å². The molecule has 0 radical (unpaired) electrons. The molecule has 1 aliphatic heterocycles. The standard InChI is InChI=1S/C39H60ClNO6Si3/c1-13-41(31-18-16-15-17-19-31)36(29-20-23-32(24-21-29)43-14-2)33-26-30(22-25-34(33)40)39(42)38(47-50(10,11)12)37(46-49(7,8)9)28(3)35(45-39)27-44-48(4,5)6/h15-26,28,35-38,42H,13-14,27H2,1-12H3/t28-,35-,36?,37+,38-,39+/m1/s1. The van der Waals surface area contributed by atoms with E-state index in [4.69, 9.17) is 34.4 Å². The maximum Gasteiger partial charge on any atom is 0.221 e. The largest absolute Gasteiger partial charge is 0.494 e. The number of para-hydroxylation sites is 1. The fraction of sp³-hybridized carbons (Fsp3) is 0.538.